The van der Waals surface area contributed by atoms with E-state index in [1.807, 2.05) is 31.3 Å². The molecule has 1 aromatic heterocycles. The van der Waals surface area contributed by atoms with Gasteiger partial charge in [0.1, 0.15) is 18.2 Å². The zero-order valence-corrected chi connectivity index (χ0v) is 17.3. The number of hydrogen-bond donors (Lipinski definition) is 1. The van der Waals surface area contributed by atoms with Crippen molar-refractivity contribution >= 4 is 18.1 Å². The number of nitrogens with zero attached hydrogens (tertiary/aromatic N) is 4. The van der Waals surface area contributed by atoms with Gasteiger partial charge in [-0.25, -0.2) is 4.98 Å². The van der Waals surface area contributed by atoms with E-state index in [2.05, 4.69) is 32.5 Å². The van der Waals surface area contributed by atoms with Crippen LogP contribution < -0.4 is 4.74 Å². The van der Waals surface area contributed by atoms with Crippen LogP contribution in [-0.2, 0) is 11.3 Å². The molecule has 1 saturated heterocycles. The summed E-state index contributed by atoms with van der Waals surface area (Å²) in [5, 5.41) is 7.65. The quantitative estimate of drug-likeness (QED) is 0.710. The van der Waals surface area contributed by atoms with E-state index >= 15 is 0 Å². The van der Waals surface area contributed by atoms with Crippen LogP contribution in [0, 0.1) is 13.8 Å². The smallest absolute Gasteiger partial charge is 0.290 e. The Labute approximate surface area is 171 Å². The highest BCUT2D eigenvalue weighted by molar-refractivity contribution is 6.30. The first-order valence-corrected chi connectivity index (χ1v) is 9.80. The lowest BCUT2D eigenvalue weighted by Gasteiger charge is -2.34. The number of rotatable bonds is 7. The van der Waals surface area contributed by atoms with Crippen LogP contribution in [-0.4, -0.2) is 76.8 Å². The predicted molar refractivity (Wildman–Crippen MR) is 110 cm³/mol. The Kier molecular flexibility index (Phi) is 9.27. The standard InChI is InChI=1S/C19H27ClN4O.CH2O2/c1-16-15-18(20)3-4-19(16)25-14-13-23-9-7-22(8-10-23)11-12-24-6-5-21-17(24)2;2-1-3/h3-6,15H,7-14H2,1-2H3;1H,(H,2,3). The summed E-state index contributed by atoms with van der Waals surface area (Å²) in [5.41, 5.74) is 1.09. The van der Waals surface area contributed by atoms with Gasteiger partial charge in [-0.1, -0.05) is 11.6 Å². The number of halogens is 1. The van der Waals surface area contributed by atoms with Crippen LogP contribution in [0.1, 0.15) is 11.4 Å². The SMILES string of the molecule is Cc1cc(Cl)ccc1OCCN1CCN(CCn2ccnc2C)CC1.O=CO. The summed E-state index contributed by atoms with van der Waals surface area (Å²) in [6.07, 6.45) is 3.93. The number of carbonyl (C=O) groups is 1. The summed E-state index contributed by atoms with van der Waals surface area (Å²) in [6.45, 7) is 12.1. The minimum atomic E-state index is -0.250. The van der Waals surface area contributed by atoms with Crippen LogP contribution in [0.5, 0.6) is 5.75 Å². The van der Waals surface area contributed by atoms with Crippen LogP contribution in [0.3, 0.4) is 0 Å². The summed E-state index contributed by atoms with van der Waals surface area (Å²) in [7, 11) is 0. The van der Waals surface area contributed by atoms with Crippen molar-refractivity contribution in [3.8, 4) is 5.75 Å². The fourth-order valence-corrected chi connectivity index (χ4v) is 3.41. The Morgan fingerprint density at radius 2 is 1.79 bits per heavy atom. The molecule has 7 nitrogen and oxygen atoms in total. The second-order valence-corrected chi connectivity index (χ2v) is 7.15. The van der Waals surface area contributed by atoms with Gasteiger partial charge < -0.3 is 14.4 Å². The number of benzene rings is 1. The predicted octanol–water partition coefficient (Wildman–Crippen LogP) is 2.55. The highest BCUT2D eigenvalue weighted by Crippen LogP contribution is 2.21. The molecule has 2 aromatic rings. The summed E-state index contributed by atoms with van der Waals surface area (Å²) < 4.78 is 8.12. The molecule has 2 heterocycles. The number of imidazole rings is 1. The first kappa shape index (κ1) is 22.2. The van der Waals surface area contributed by atoms with Crippen molar-refractivity contribution in [3.63, 3.8) is 0 Å². The fourth-order valence-electron chi connectivity index (χ4n) is 3.19. The van der Waals surface area contributed by atoms with Gasteiger partial charge in [0.25, 0.3) is 6.47 Å². The van der Waals surface area contributed by atoms with Crippen molar-refractivity contribution in [1.29, 1.82) is 0 Å². The molecule has 0 aliphatic carbocycles. The molecule has 154 valence electrons. The average Bonchev–Trinajstić information content (AvgIpc) is 3.08. The first-order chi connectivity index (χ1) is 13.5. The zero-order valence-electron chi connectivity index (χ0n) is 16.6. The van der Waals surface area contributed by atoms with Gasteiger partial charge in [-0.15, -0.1) is 0 Å². The van der Waals surface area contributed by atoms with E-state index < -0.39 is 0 Å². The number of ether oxygens (including phenoxy) is 1. The Hall–Kier alpha value is -2.09. The zero-order chi connectivity index (χ0) is 20.4. The van der Waals surface area contributed by atoms with E-state index in [-0.39, 0.29) is 6.47 Å². The van der Waals surface area contributed by atoms with E-state index in [4.69, 9.17) is 26.2 Å². The largest absolute Gasteiger partial charge is 0.492 e. The maximum absolute atomic E-state index is 8.36. The first-order valence-electron chi connectivity index (χ1n) is 9.42. The molecular weight excluding hydrogens is 380 g/mol. The Morgan fingerprint density at radius 3 is 2.36 bits per heavy atom. The van der Waals surface area contributed by atoms with Gasteiger partial charge in [0.2, 0.25) is 0 Å². The molecule has 1 N–H and O–H groups in total. The van der Waals surface area contributed by atoms with Crippen LogP contribution in [0.2, 0.25) is 5.02 Å². The third kappa shape index (κ3) is 7.14. The monoisotopic (exact) mass is 408 g/mol. The van der Waals surface area contributed by atoms with Crippen LogP contribution >= 0.6 is 11.6 Å². The summed E-state index contributed by atoms with van der Waals surface area (Å²) >= 11 is 5.98. The van der Waals surface area contributed by atoms with Crippen molar-refractivity contribution in [1.82, 2.24) is 19.4 Å². The molecule has 0 amide bonds. The maximum atomic E-state index is 8.36. The molecule has 0 saturated carbocycles. The van der Waals surface area contributed by atoms with Crippen LogP contribution in [0.25, 0.3) is 0 Å². The van der Waals surface area contributed by atoms with Crippen LogP contribution in [0.4, 0.5) is 0 Å². The molecular formula is C20H29ClN4O3. The number of carboxylic acid groups (broad SMARTS) is 1. The number of aromatic nitrogens is 2. The normalized spacial score (nSPS) is 15.0. The molecule has 1 fully saturated rings. The Balaban J connectivity index is 0.000000878. The van der Waals surface area contributed by atoms with Gasteiger partial charge in [0.05, 0.1) is 0 Å². The molecule has 28 heavy (non-hydrogen) atoms. The minimum absolute atomic E-state index is 0.250. The molecule has 1 aromatic carbocycles. The third-order valence-corrected chi connectivity index (χ3v) is 5.08. The van der Waals surface area contributed by atoms with E-state index in [1.54, 1.807) is 0 Å². The van der Waals surface area contributed by atoms with E-state index in [1.165, 1.54) is 0 Å². The topological polar surface area (TPSA) is 70.8 Å². The third-order valence-electron chi connectivity index (χ3n) is 4.85. The second kappa shape index (κ2) is 11.7. The number of piperazine rings is 1. The molecule has 3 rings (SSSR count). The van der Waals surface area contributed by atoms with Crippen LogP contribution in [0.15, 0.2) is 30.6 Å². The summed E-state index contributed by atoms with van der Waals surface area (Å²) in [4.78, 5) is 17.6. The Morgan fingerprint density at radius 1 is 1.14 bits per heavy atom. The van der Waals surface area contributed by atoms with Gasteiger partial charge in [0, 0.05) is 63.2 Å². The Bertz CT molecular complexity index is 730. The lowest BCUT2D eigenvalue weighted by Crippen LogP contribution is -2.48. The van der Waals surface area contributed by atoms with Gasteiger partial charge >= 0.3 is 0 Å². The van der Waals surface area contributed by atoms with Crippen molar-refractivity contribution < 1.29 is 14.6 Å². The highest BCUT2D eigenvalue weighted by Gasteiger charge is 2.16. The maximum Gasteiger partial charge on any atom is 0.290 e. The highest BCUT2D eigenvalue weighted by atomic mass is 35.5. The second-order valence-electron chi connectivity index (χ2n) is 6.71. The van der Waals surface area contributed by atoms with Crippen molar-refractivity contribution in [2.45, 2.75) is 20.4 Å². The fraction of sp³-hybridized carbons (Fsp3) is 0.500. The average molecular weight is 409 g/mol. The van der Waals surface area contributed by atoms with Crippen molar-refractivity contribution in [2.75, 3.05) is 45.9 Å². The molecule has 1 aliphatic heterocycles. The van der Waals surface area contributed by atoms with E-state index in [0.717, 1.165) is 74.6 Å². The molecule has 0 atom stereocenters. The van der Waals surface area contributed by atoms with Crippen molar-refractivity contribution in [3.05, 3.63) is 47.0 Å². The van der Waals surface area contributed by atoms with E-state index in [9.17, 15) is 0 Å². The van der Waals surface area contributed by atoms with E-state index in [0.29, 0.717) is 0 Å². The lowest BCUT2D eigenvalue weighted by atomic mass is 10.2. The van der Waals surface area contributed by atoms with Crippen molar-refractivity contribution in [2.24, 2.45) is 0 Å². The van der Waals surface area contributed by atoms with Gasteiger partial charge in [-0.3, -0.25) is 14.6 Å². The summed E-state index contributed by atoms with van der Waals surface area (Å²) in [5.74, 6) is 2.02. The van der Waals surface area contributed by atoms with Gasteiger partial charge in [-0.2, -0.15) is 0 Å². The molecule has 8 heteroatoms. The van der Waals surface area contributed by atoms with Gasteiger partial charge in [0.15, 0.2) is 0 Å². The minimum Gasteiger partial charge on any atom is -0.492 e. The van der Waals surface area contributed by atoms with Gasteiger partial charge in [-0.05, 0) is 37.6 Å². The summed E-state index contributed by atoms with van der Waals surface area (Å²) in [6, 6.07) is 5.77. The number of hydrogen-bond acceptors (Lipinski definition) is 5. The molecule has 0 unspecified atom stereocenters. The molecule has 0 spiro atoms. The number of aryl methyl sites for hydroxylation is 2. The lowest BCUT2D eigenvalue weighted by molar-refractivity contribution is -0.122. The molecule has 0 radical (unpaired) electrons. The molecule has 0 bridgehead atoms. The molecule has 1 aliphatic rings.